The van der Waals surface area contributed by atoms with Crippen molar-refractivity contribution in [1.82, 2.24) is 29.6 Å². The van der Waals surface area contributed by atoms with Gasteiger partial charge in [-0.1, -0.05) is 12.1 Å². The van der Waals surface area contributed by atoms with E-state index in [1.54, 1.807) is 28.0 Å². The highest BCUT2D eigenvalue weighted by atomic mass is 79.9. The predicted molar refractivity (Wildman–Crippen MR) is 150 cm³/mol. The number of hydrogen-bond acceptors (Lipinski definition) is 7. The summed E-state index contributed by atoms with van der Waals surface area (Å²) in [5, 5.41) is 8.04. The van der Waals surface area contributed by atoms with Gasteiger partial charge in [-0.15, -0.1) is 0 Å². The molecule has 2 amide bonds. The second-order valence-electron chi connectivity index (χ2n) is 9.85. The topological polar surface area (TPSA) is 123 Å². The second-order valence-corrected chi connectivity index (χ2v) is 10.7. The van der Waals surface area contributed by atoms with Gasteiger partial charge in [0.25, 0.3) is 0 Å². The highest BCUT2D eigenvalue weighted by molar-refractivity contribution is 9.10. The predicted octanol–water partition coefficient (Wildman–Crippen LogP) is 4.49. The summed E-state index contributed by atoms with van der Waals surface area (Å²) in [7, 11) is 0. The van der Waals surface area contributed by atoms with Crippen LogP contribution in [0, 0.1) is 13.8 Å². The van der Waals surface area contributed by atoms with Crippen LogP contribution in [0.5, 0.6) is 0 Å². The van der Waals surface area contributed by atoms with Crippen molar-refractivity contribution in [3.05, 3.63) is 64.4 Å². The molecular weight excluding hydrogens is 562 g/mol. The Labute approximate surface area is 234 Å². The van der Waals surface area contributed by atoms with Crippen molar-refractivity contribution in [2.45, 2.75) is 59.2 Å². The molecule has 2 atom stereocenters. The summed E-state index contributed by atoms with van der Waals surface area (Å²) < 4.78 is 2.16. The van der Waals surface area contributed by atoms with Gasteiger partial charge in [-0.3, -0.25) is 19.1 Å². The largest absolute Gasteiger partial charge is 0.326 e. The molecule has 5 rings (SSSR count). The van der Waals surface area contributed by atoms with Crippen LogP contribution in [0.4, 0.5) is 5.82 Å². The monoisotopic (exact) mass is 589 g/mol. The molecule has 200 valence electrons. The van der Waals surface area contributed by atoms with Gasteiger partial charge in [0.2, 0.25) is 11.8 Å². The molecule has 1 saturated heterocycles. The molecule has 1 aliphatic heterocycles. The Morgan fingerprint density at radius 3 is 2.51 bits per heavy atom. The van der Waals surface area contributed by atoms with Gasteiger partial charge in [-0.25, -0.2) is 15.0 Å². The number of carbonyl (C=O) groups excluding carboxylic acids is 3. The zero-order valence-electron chi connectivity index (χ0n) is 22.1. The maximum absolute atomic E-state index is 13.6. The van der Waals surface area contributed by atoms with Crippen LogP contribution in [0.3, 0.4) is 0 Å². The standard InChI is InChI=1S/C28H28BrN7O3/c1-15-5-10-24(29)32-27(15)33-28(39)23-8-6-16(2)36(23)25(38)14-35-22-9-7-19(20-12-30-18(4)31-13-20)11-21(22)26(34-35)17(3)37/h5,7,9-13,16,23H,6,8,14H2,1-4H3,(H,32,33,39)/t16-,23+/m1/s1. The lowest BCUT2D eigenvalue weighted by atomic mass is 10.0. The van der Waals surface area contributed by atoms with Crippen LogP contribution in [0.15, 0.2) is 47.3 Å². The third-order valence-corrected chi connectivity index (χ3v) is 7.49. The Morgan fingerprint density at radius 2 is 1.79 bits per heavy atom. The normalized spacial score (nSPS) is 17.0. The highest BCUT2D eigenvalue weighted by Gasteiger charge is 2.39. The van der Waals surface area contributed by atoms with E-state index in [-0.39, 0.29) is 35.9 Å². The number of amides is 2. The molecule has 1 aromatic carbocycles. The van der Waals surface area contributed by atoms with E-state index in [1.165, 1.54) is 6.92 Å². The fourth-order valence-corrected chi connectivity index (χ4v) is 5.29. The molecule has 1 aliphatic rings. The van der Waals surface area contributed by atoms with Crippen molar-refractivity contribution in [3.63, 3.8) is 0 Å². The quantitative estimate of drug-likeness (QED) is 0.259. The number of fused-ring (bicyclic) bond motifs is 1. The van der Waals surface area contributed by atoms with Crippen molar-refractivity contribution in [3.8, 4) is 11.1 Å². The SMILES string of the molecule is CC(=O)c1nn(CC(=O)N2[C@H](C)CC[C@H]2C(=O)Nc2nc(Br)ccc2C)c2ccc(-c3cnc(C)nc3)cc12. The summed E-state index contributed by atoms with van der Waals surface area (Å²) in [6.45, 7) is 6.97. The summed E-state index contributed by atoms with van der Waals surface area (Å²) in [5.74, 6) is 0.407. The number of nitrogens with one attached hydrogen (secondary N) is 1. The lowest BCUT2D eigenvalue weighted by Gasteiger charge is -2.28. The summed E-state index contributed by atoms with van der Waals surface area (Å²) in [5.41, 5.74) is 3.43. The van der Waals surface area contributed by atoms with Crippen molar-refractivity contribution in [2.75, 3.05) is 5.32 Å². The molecule has 1 fully saturated rings. The third kappa shape index (κ3) is 5.31. The molecule has 0 bridgehead atoms. The molecule has 0 unspecified atom stereocenters. The van der Waals surface area contributed by atoms with E-state index in [4.69, 9.17) is 0 Å². The average Bonchev–Trinajstić information content (AvgIpc) is 3.47. The first-order valence-corrected chi connectivity index (χ1v) is 13.5. The molecule has 4 aromatic rings. The first-order valence-electron chi connectivity index (χ1n) is 12.7. The van der Waals surface area contributed by atoms with Crippen LogP contribution >= 0.6 is 15.9 Å². The number of carbonyl (C=O) groups is 3. The van der Waals surface area contributed by atoms with Gasteiger partial charge < -0.3 is 10.2 Å². The number of halogens is 1. The van der Waals surface area contributed by atoms with Gasteiger partial charge in [0.05, 0.1) is 5.52 Å². The molecular formula is C28H28BrN7O3. The molecule has 4 heterocycles. The number of likely N-dealkylation sites (tertiary alicyclic amines) is 1. The first kappa shape index (κ1) is 26.6. The summed E-state index contributed by atoms with van der Waals surface area (Å²) in [6, 6.07) is 8.53. The van der Waals surface area contributed by atoms with E-state index in [9.17, 15) is 14.4 Å². The molecule has 0 saturated carbocycles. The number of aromatic nitrogens is 5. The Bertz CT molecular complexity index is 1600. The number of anilines is 1. The minimum atomic E-state index is -0.630. The Kier molecular flexibility index (Phi) is 7.26. The van der Waals surface area contributed by atoms with Crippen molar-refractivity contribution < 1.29 is 14.4 Å². The molecule has 1 N–H and O–H groups in total. The van der Waals surface area contributed by atoms with E-state index < -0.39 is 6.04 Å². The molecule has 39 heavy (non-hydrogen) atoms. The van der Waals surface area contributed by atoms with Gasteiger partial charge in [-0.2, -0.15) is 5.10 Å². The van der Waals surface area contributed by atoms with Gasteiger partial charge >= 0.3 is 0 Å². The van der Waals surface area contributed by atoms with Crippen LogP contribution in [0.1, 0.15) is 48.6 Å². The highest BCUT2D eigenvalue weighted by Crippen LogP contribution is 2.29. The molecule has 11 heteroatoms. The zero-order chi connectivity index (χ0) is 27.8. The summed E-state index contributed by atoms with van der Waals surface area (Å²) in [4.78, 5) is 53.8. The third-order valence-electron chi connectivity index (χ3n) is 7.05. The van der Waals surface area contributed by atoms with Crippen molar-refractivity contribution >= 4 is 50.2 Å². The van der Waals surface area contributed by atoms with Gasteiger partial charge in [0.1, 0.15) is 34.5 Å². The first-order chi connectivity index (χ1) is 18.6. The maximum Gasteiger partial charge on any atom is 0.248 e. The lowest BCUT2D eigenvalue weighted by molar-refractivity contribution is -0.139. The molecule has 10 nitrogen and oxygen atoms in total. The number of Topliss-reactive ketones (excluding diaryl/α,β-unsaturated/α-hetero) is 1. The number of hydrogen-bond donors (Lipinski definition) is 1. The Hall–Kier alpha value is -3.99. The molecule has 0 spiro atoms. The van der Waals surface area contributed by atoms with Gasteiger partial charge in [-0.05, 0) is 78.9 Å². The van der Waals surface area contributed by atoms with Crippen LogP contribution in [-0.2, 0) is 16.1 Å². The summed E-state index contributed by atoms with van der Waals surface area (Å²) >= 11 is 3.34. The van der Waals surface area contributed by atoms with E-state index in [2.05, 4.69) is 41.3 Å². The fraction of sp³-hybridized carbons (Fsp3) is 0.321. The van der Waals surface area contributed by atoms with E-state index in [1.807, 2.05) is 45.0 Å². The smallest absolute Gasteiger partial charge is 0.248 e. The Balaban J connectivity index is 1.42. The van der Waals surface area contributed by atoms with Crippen molar-refractivity contribution in [2.24, 2.45) is 0 Å². The van der Waals surface area contributed by atoms with E-state index in [0.29, 0.717) is 40.0 Å². The molecule has 0 aliphatic carbocycles. The number of pyridine rings is 1. The average molecular weight is 590 g/mol. The minimum absolute atomic E-state index is 0.0982. The van der Waals surface area contributed by atoms with E-state index >= 15 is 0 Å². The number of ketones is 1. The maximum atomic E-state index is 13.6. The second kappa shape index (κ2) is 10.6. The molecule has 3 aromatic heterocycles. The van der Waals surface area contributed by atoms with Gasteiger partial charge in [0.15, 0.2) is 5.78 Å². The van der Waals surface area contributed by atoms with Crippen LogP contribution in [-0.4, -0.2) is 59.3 Å². The van der Waals surface area contributed by atoms with Crippen molar-refractivity contribution in [1.29, 1.82) is 0 Å². The van der Waals surface area contributed by atoms with E-state index in [0.717, 1.165) is 16.7 Å². The molecule has 0 radical (unpaired) electrons. The van der Waals surface area contributed by atoms with Crippen LogP contribution in [0.25, 0.3) is 22.0 Å². The number of benzene rings is 1. The van der Waals surface area contributed by atoms with Crippen LogP contribution < -0.4 is 5.32 Å². The van der Waals surface area contributed by atoms with Gasteiger partial charge in [0, 0.05) is 36.3 Å². The van der Waals surface area contributed by atoms with Crippen LogP contribution in [0.2, 0.25) is 0 Å². The lowest BCUT2D eigenvalue weighted by Crippen LogP contribution is -2.47. The zero-order valence-corrected chi connectivity index (χ0v) is 23.7. The Morgan fingerprint density at radius 1 is 1.05 bits per heavy atom. The number of nitrogens with zero attached hydrogens (tertiary/aromatic N) is 6. The summed E-state index contributed by atoms with van der Waals surface area (Å²) in [6.07, 6.45) is 4.72. The fourth-order valence-electron chi connectivity index (χ4n) is 4.98. The number of aryl methyl sites for hydroxylation is 2. The number of rotatable bonds is 6. The minimum Gasteiger partial charge on any atom is -0.326 e.